The van der Waals surface area contributed by atoms with Crippen molar-refractivity contribution in [2.75, 3.05) is 13.7 Å². The highest BCUT2D eigenvalue weighted by Crippen LogP contribution is 2.52. The summed E-state index contributed by atoms with van der Waals surface area (Å²) in [4.78, 5) is 51.7. The molecule has 5 rings (SSSR count). The van der Waals surface area contributed by atoms with Crippen molar-refractivity contribution in [2.45, 2.75) is 74.9 Å². The van der Waals surface area contributed by atoms with Crippen molar-refractivity contribution in [2.24, 2.45) is 5.73 Å². The summed E-state index contributed by atoms with van der Waals surface area (Å²) in [5.41, 5.74) is 7.14. The van der Waals surface area contributed by atoms with E-state index in [0.29, 0.717) is 6.29 Å². The number of carbonyl (C=O) groups is 4. The van der Waals surface area contributed by atoms with Gasteiger partial charge in [0.15, 0.2) is 12.1 Å². The van der Waals surface area contributed by atoms with Crippen molar-refractivity contribution in [3.63, 3.8) is 0 Å². The van der Waals surface area contributed by atoms with Gasteiger partial charge < -0.3 is 50.3 Å². The smallest absolute Gasteiger partial charge is 0.236 e. The fraction of sp³-hybridized carbons (Fsp3) is 0.467. The lowest BCUT2D eigenvalue weighted by molar-refractivity contribution is -0.248. The van der Waals surface area contributed by atoms with Gasteiger partial charge in [0, 0.05) is 42.0 Å². The number of aromatic hydroxyl groups is 2. The van der Waals surface area contributed by atoms with Gasteiger partial charge in [0.2, 0.25) is 11.7 Å². The second kappa shape index (κ2) is 12.4. The Morgan fingerprint density at radius 1 is 1.20 bits per heavy atom. The first-order chi connectivity index (χ1) is 21.4. The predicted octanol–water partition coefficient (Wildman–Crippen LogP) is -0.989. The van der Waals surface area contributed by atoms with E-state index in [1.807, 2.05) is 0 Å². The number of hydrazine groups is 1. The van der Waals surface area contributed by atoms with Gasteiger partial charge in [-0.2, -0.15) is 0 Å². The lowest BCUT2D eigenvalue weighted by atomic mass is 9.71. The molecule has 2 aromatic carbocycles. The molecule has 15 nitrogen and oxygen atoms in total. The average Bonchev–Trinajstić information content (AvgIpc) is 3.00. The molecule has 0 aromatic heterocycles. The van der Waals surface area contributed by atoms with Crippen LogP contribution in [0.25, 0.3) is 0 Å². The Hall–Kier alpha value is -3.96. The maximum atomic E-state index is 13.8. The molecule has 1 saturated heterocycles. The number of amides is 1. The Morgan fingerprint density at radius 3 is 2.56 bits per heavy atom. The summed E-state index contributed by atoms with van der Waals surface area (Å²) in [6, 6.07) is 2.06. The molecular formula is C30H35N3O12. The van der Waals surface area contributed by atoms with Gasteiger partial charge in [-0.3, -0.25) is 19.8 Å². The highest BCUT2D eigenvalue weighted by atomic mass is 16.7. The van der Waals surface area contributed by atoms with Gasteiger partial charge in [0.05, 0.1) is 60.7 Å². The van der Waals surface area contributed by atoms with Crippen LogP contribution in [0.3, 0.4) is 0 Å². The minimum Gasteiger partial charge on any atom is -0.507 e. The first kappa shape index (κ1) is 32.4. The number of ether oxygens (including phenoxy) is 3. The average molecular weight is 630 g/mol. The molecule has 1 aliphatic heterocycles. The fourth-order valence-corrected chi connectivity index (χ4v) is 6.27. The molecule has 0 radical (unpaired) electrons. The van der Waals surface area contributed by atoms with Crippen LogP contribution in [0.4, 0.5) is 0 Å². The molecule has 3 aliphatic rings. The van der Waals surface area contributed by atoms with Crippen molar-refractivity contribution in [3.8, 4) is 17.2 Å². The number of carbonyl (C=O) groups excluding carboxylic acids is 4. The van der Waals surface area contributed by atoms with E-state index < -0.39 is 102 Å². The monoisotopic (exact) mass is 629 g/mol. The molecule has 7 atom stereocenters. The Labute approximate surface area is 256 Å². The zero-order valence-corrected chi connectivity index (χ0v) is 24.5. The van der Waals surface area contributed by atoms with Crippen molar-refractivity contribution in [1.29, 1.82) is 0 Å². The summed E-state index contributed by atoms with van der Waals surface area (Å²) in [6.45, 7) is 1.10. The summed E-state index contributed by atoms with van der Waals surface area (Å²) < 4.78 is 17.2. The van der Waals surface area contributed by atoms with E-state index in [9.17, 15) is 39.6 Å². The van der Waals surface area contributed by atoms with Crippen LogP contribution in [0.2, 0.25) is 0 Å². The summed E-state index contributed by atoms with van der Waals surface area (Å²) in [6.07, 6.45) is -5.19. The number of ketones is 2. The van der Waals surface area contributed by atoms with Crippen LogP contribution in [0, 0.1) is 0 Å². The second-order valence-electron chi connectivity index (χ2n) is 11.4. The molecule has 0 saturated carbocycles. The van der Waals surface area contributed by atoms with E-state index >= 15 is 0 Å². The number of nitrogens with two attached hydrogens (primary N) is 1. The third kappa shape index (κ3) is 5.56. The number of phenols is 2. The van der Waals surface area contributed by atoms with Crippen molar-refractivity contribution in [1.82, 2.24) is 10.9 Å². The molecule has 242 valence electrons. The summed E-state index contributed by atoms with van der Waals surface area (Å²) in [5.74, 6) is -3.57. The van der Waals surface area contributed by atoms with Crippen molar-refractivity contribution >= 4 is 23.8 Å². The summed E-state index contributed by atoms with van der Waals surface area (Å²) in [5, 5.41) is 54.4. The normalized spacial score (nSPS) is 28.0. The number of hydrogen-bond acceptors (Lipinski definition) is 14. The number of methoxy groups -OCH3 is 1. The maximum Gasteiger partial charge on any atom is 0.236 e. The Morgan fingerprint density at radius 2 is 1.91 bits per heavy atom. The number of aliphatic hydroxyl groups excluding tert-OH is 2. The number of benzene rings is 2. The molecular weight excluding hydrogens is 594 g/mol. The number of rotatable bonds is 9. The molecule has 45 heavy (non-hydrogen) atoms. The minimum atomic E-state index is -2.12. The molecule has 0 spiro atoms. The lowest BCUT2D eigenvalue weighted by Crippen LogP contribution is -2.60. The summed E-state index contributed by atoms with van der Waals surface area (Å²) in [7, 11) is 1.31. The molecule has 9 N–H and O–H groups in total. The van der Waals surface area contributed by atoms with Crippen LogP contribution < -0.4 is 21.3 Å². The van der Waals surface area contributed by atoms with Gasteiger partial charge >= 0.3 is 0 Å². The van der Waals surface area contributed by atoms with Gasteiger partial charge in [-0.05, 0) is 13.0 Å². The topological polar surface area (TPSA) is 247 Å². The van der Waals surface area contributed by atoms with E-state index in [2.05, 4.69) is 10.9 Å². The number of aldehydes is 1. The van der Waals surface area contributed by atoms with Crippen LogP contribution in [0.15, 0.2) is 18.2 Å². The lowest BCUT2D eigenvalue weighted by Gasteiger charge is -2.44. The predicted molar refractivity (Wildman–Crippen MR) is 152 cm³/mol. The molecule has 15 heteroatoms. The number of aliphatic hydroxyl groups is 3. The highest BCUT2D eigenvalue weighted by molar-refractivity contribution is 6.31. The van der Waals surface area contributed by atoms with Gasteiger partial charge in [0.25, 0.3) is 0 Å². The third-order valence-corrected chi connectivity index (χ3v) is 8.59. The standard InChI is InChI=1S/C30H35N3O12/c1-12-25(37)15(31)8-20(44-12)45-17-10-30(42,18(11-35)32-33-19(36)6-7-34)9-14-22(17)29(41)24-23(27(14)39)26(38)13-4-3-5-16(43-2)21(13)28(24)40/h3-5,11-12,15,17-18,20,25,32,34,37,39,41-42H,6-10,31H2,1-2H3,(H,33,36)/t12?,15?,17-,18?,20?,25?,30-/m0/s1. The largest absolute Gasteiger partial charge is 0.507 e. The first-order valence-corrected chi connectivity index (χ1v) is 14.3. The molecule has 1 fully saturated rings. The van der Waals surface area contributed by atoms with Crippen LogP contribution in [0.5, 0.6) is 17.2 Å². The maximum absolute atomic E-state index is 13.8. The molecule has 2 aromatic rings. The van der Waals surface area contributed by atoms with E-state index in [1.54, 1.807) is 6.92 Å². The van der Waals surface area contributed by atoms with Crippen LogP contribution in [0.1, 0.15) is 75.3 Å². The van der Waals surface area contributed by atoms with Crippen molar-refractivity contribution < 1.29 is 58.9 Å². The quantitative estimate of drug-likeness (QED) is 0.0805. The molecule has 1 amide bonds. The van der Waals surface area contributed by atoms with E-state index in [0.717, 1.165) is 0 Å². The molecule has 5 unspecified atom stereocenters. The third-order valence-electron chi connectivity index (χ3n) is 8.59. The van der Waals surface area contributed by atoms with E-state index in [4.69, 9.17) is 25.1 Å². The number of nitrogens with one attached hydrogen (secondary N) is 2. The Balaban J connectivity index is 1.64. The Kier molecular flexibility index (Phi) is 8.97. The second-order valence-corrected chi connectivity index (χ2v) is 11.4. The minimum absolute atomic E-state index is 0.0119. The fourth-order valence-electron chi connectivity index (χ4n) is 6.27. The Bertz CT molecular complexity index is 1530. The molecule has 2 aliphatic carbocycles. The summed E-state index contributed by atoms with van der Waals surface area (Å²) >= 11 is 0. The van der Waals surface area contributed by atoms with Crippen molar-refractivity contribution in [3.05, 3.63) is 51.6 Å². The number of hydrogen-bond donors (Lipinski definition) is 8. The van der Waals surface area contributed by atoms with Gasteiger partial charge in [0.1, 0.15) is 29.6 Å². The van der Waals surface area contributed by atoms with Gasteiger partial charge in [-0.25, -0.2) is 5.43 Å². The van der Waals surface area contributed by atoms with Crippen LogP contribution in [-0.4, -0.2) is 99.2 Å². The highest BCUT2D eigenvalue weighted by Gasteiger charge is 2.50. The number of fused-ring (bicyclic) bond motifs is 3. The molecule has 0 bridgehead atoms. The van der Waals surface area contributed by atoms with E-state index in [1.165, 1.54) is 25.3 Å². The SMILES string of the molecule is COc1cccc2c1C(=O)c1c(O)c3c(c(O)c1C2=O)C[C@@](O)(C(C=O)NNC(=O)CCO)C[C@@H]3OC1CC(N)C(O)C(C)O1. The van der Waals surface area contributed by atoms with Gasteiger partial charge in [-0.1, -0.05) is 12.1 Å². The van der Waals surface area contributed by atoms with Gasteiger partial charge in [-0.15, -0.1) is 0 Å². The van der Waals surface area contributed by atoms with E-state index in [-0.39, 0.29) is 40.8 Å². The zero-order valence-electron chi connectivity index (χ0n) is 24.5. The number of phenolic OH excluding ortho intramolecular Hbond substituents is 2. The van der Waals surface area contributed by atoms with Crippen LogP contribution >= 0.6 is 0 Å². The first-order valence-electron chi connectivity index (χ1n) is 14.3. The van der Waals surface area contributed by atoms with Crippen LogP contribution in [-0.2, 0) is 25.5 Å². The molecule has 1 heterocycles. The zero-order chi connectivity index (χ0) is 32.8.